The second-order valence-corrected chi connectivity index (χ2v) is 6.61. The van der Waals surface area contributed by atoms with Crippen molar-refractivity contribution in [2.24, 2.45) is 5.73 Å². The van der Waals surface area contributed by atoms with E-state index in [0.717, 1.165) is 22.2 Å². The first-order valence-corrected chi connectivity index (χ1v) is 8.47. The minimum atomic E-state index is -0.0915. The molecule has 2 unspecified atom stereocenters. The molecule has 0 saturated heterocycles. The normalized spacial score (nSPS) is 14.1. The average molecular weight is 354 g/mol. The van der Waals surface area contributed by atoms with Crippen molar-refractivity contribution in [1.82, 2.24) is 0 Å². The maximum Gasteiger partial charge on any atom is 0.140 e. The molecule has 0 spiro atoms. The van der Waals surface area contributed by atoms with E-state index < -0.39 is 0 Å². The predicted octanol–water partition coefficient (Wildman–Crippen LogP) is 4.98. The van der Waals surface area contributed by atoms with Crippen molar-refractivity contribution < 1.29 is 4.74 Å². The maximum absolute atomic E-state index is 6.23. The number of ether oxygens (including phenoxy) is 1. The Morgan fingerprint density at radius 2 is 1.95 bits per heavy atom. The van der Waals surface area contributed by atoms with E-state index in [9.17, 15) is 0 Å². The molecular weight excluding hydrogens is 334 g/mol. The molecular formula is C16H20BrNOS. The smallest absolute Gasteiger partial charge is 0.140 e. The number of rotatable bonds is 5. The summed E-state index contributed by atoms with van der Waals surface area (Å²) < 4.78 is 7.32. The largest absolute Gasteiger partial charge is 0.484 e. The summed E-state index contributed by atoms with van der Waals surface area (Å²) in [6.45, 7) is 6.23. The van der Waals surface area contributed by atoms with Gasteiger partial charge in [-0.25, -0.2) is 0 Å². The minimum Gasteiger partial charge on any atom is -0.484 e. The molecule has 2 N–H and O–H groups in total. The van der Waals surface area contributed by atoms with Gasteiger partial charge in [0.2, 0.25) is 0 Å². The van der Waals surface area contributed by atoms with Crippen molar-refractivity contribution in [2.45, 2.75) is 39.3 Å². The van der Waals surface area contributed by atoms with Gasteiger partial charge in [0.25, 0.3) is 0 Å². The Balaban J connectivity index is 2.29. The first kappa shape index (κ1) is 15.5. The van der Waals surface area contributed by atoms with Crippen molar-refractivity contribution in [1.29, 1.82) is 0 Å². The molecule has 2 nitrogen and oxygen atoms in total. The molecule has 108 valence electrons. The Bertz CT molecular complexity index is 545. The summed E-state index contributed by atoms with van der Waals surface area (Å²) in [5.41, 5.74) is 9.74. The second-order valence-electron chi connectivity index (χ2n) is 5.04. The molecule has 0 fully saturated rings. The van der Waals surface area contributed by atoms with Crippen LogP contribution in [0.5, 0.6) is 5.75 Å². The van der Waals surface area contributed by atoms with Gasteiger partial charge in [-0.15, -0.1) is 0 Å². The number of hydrogen-bond acceptors (Lipinski definition) is 3. The number of thiophene rings is 1. The lowest BCUT2D eigenvalue weighted by molar-refractivity contribution is 0.171. The molecule has 0 aliphatic carbocycles. The molecule has 0 aliphatic rings. The molecule has 0 bridgehead atoms. The lowest BCUT2D eigenvalue weighted by Crippen LogP contribution is -2.31. The van der Waals surface area contributed by atoms with E-state index in [-0.39, 0.29) is 12.1 Å². The molecule has 0 amide bonds. The summed E-state index contributed by atoms with van der Waals surface area (Å²) in [5, 5.41) is 4.17. The van der Waals surface area contributed by atoms with Gasteiger partial charge in [0, 0.05) is 16.1 Å². The summed E-state index contributed by atoms with van der Waals surface area (Å²) in [5.74, 6) is 0.878. The monoisotopic (exact) mass is 353 g/mol. The molecule has 2 rings (SSSR count). The zero-order valence-corrected chi connectivity index (χ0v) is 14.4. The third kappa shape index (κ3) is 3.43. The molecule has 1 aromatic heterocycles. The van der Waals surface area contributed by atoms with Crippen LogP contribution in [-0.4, -0.2) is 6.04 Å². The molecule has 20 heavy (non-hydrogen) atoms. The van der Waals surface area contributed by atoms with Gasteiger partial charge in [-0.2, -0.15) is 11.3 Å². The fraction of sp³-hybridized carbons (Fsp3) is 0.375. The molecule has 0 aliphatic heterocycles. The summed E-state index contributed by atoms with van der Waals surface area (Å²) >= 11 is 5.25. The van der Waals surface area contributed by atoms with Crippen LogP contribution in [-0.2, 0) is 0 Å². The summed E-state index contributed by atoms with van der Waals surface area (Å²) in [7, 11) is 0. The minimum absolute atomic E-state index is 0.00569. The van der Waals surface area contributed by atoms with Crippen molar-refractivity contribution in [3.05, 3.63) is 50.1 Å². The molecule has 0 saturated carbocycles. The third-order valence-corrected chi connectivity index (χ3v) is 5.36. The van der Waals surface area contributed by atoms with E-state index >= 15 is 0 Å². The molecule has 0 radical (unpaired) electrons. The van der Waals surface area contributed by atoms with Crippen LogP contribution in [0.3, 0.4) is 0 Å². The Morgan fingerprint density at radius 3 is 2.45 bits per heavy atom. The van der Waals surface area contributed by atoms with Crippen molar-refractivity contribution >= 4 is 27.3 Å². The lowest BCUT2D eigenvalue weighted by Gasteiger charge is -2.24. The first-order chi connectivity index (χ1) is 9.52. The second kappa shape index (κ2) is 6.74. The van der Waals surface area contributed by atoms with Crippen molar-refractivity contribution in [3.63, 3.8) is 0 Å². The van der Waals surface area contributed by atoms with Gasteiger partial charge in [0.15, 0.2) is 0 Å². The zero-order valence-electron chi connectivity index (χ0n) is 12.0. The van der Waals surface area contributed by atoms with Crippen LogP contribution in [0.25, 0.3) is 0 Å². The lowest BCUT2D eigenvalue weighted by atomic mass is 10.0. The van der Waals surface area contributed by atoms with E-state index in [1.807, 2.05) is 0 Å². The highest BCUT2D eigenvalue weighted by atomic mass is 79.9. The van der Waals surface area contributed by atoms with E-state index in [0.29, 0.717) is 0 Å². The highest BCUT2D eigenvalue weighted by Crippen LogP contribution is 2.31. The van der Waals surface area contributed by atoms with E-state index in [1.54, 1.807) is 11.3 Å². The zero-order chi connectivity index (χ0) is 14.7. The van der Waals surface area contributed by atoms with Gasteiger partial charge >= 0.3 is 0 Å². The van der Waals surface area contributed by atoms with Crippen LogP contribution >= 0.6 is 27.3 Å². The van der Waals surface area contributed by atoms with Crippen LogP contribution in [0.4, 0.5) is 0 Å². The number of aryl methyl sites for hydroxylation is 2. The molecule has 1 heterocycles. The topological polar surface area (TPSA) is 35.2 Å². The van der Waals surface area contributed by atoms with Crippen LogP contribution in [0.1, 0.15) is 36.1 Å². The number of hydrogen-bond donors (Lipinski definition) is 1. The fourth-order valence-corrected chi connectivity index (χ4v) is 3.09. The van der Waals surface area contributed by atoms with Crippen molar-refractivity contribution in [2.75, 3.05) is 0 Å². The first-order valence-electron chi connectivity index (χ1n) is 6.74. The van der Waals surface area contributed by atoms with Crippen LogP contribution in [0, 0.1) is 13.8 Å². The SMILES string of the molecule is CCC(N)C(Oc1cc(C)c(Br)c(C)c1)c1ccsc1. The quantitative estimate of drug-likeness (QED) is 0.821. The highest BCUT2D eigenvalue weighted by molar-refractivity contribution is 9.10. The summed E-state index contributed by atoms with van der Waals surface area (Å²) in [4.78, 5) is 0. The fourth-order valence-electron chi connectivity index (χ4n) is 2.17. The Hall–Kier alpha value is -0.840. The highest BCUT2D eigenvalue weighted by Gasteiger charge is 2.21. The Kier molecular flexibility index (Phi) is 5.24. The van der Waals surface area contributed by atoms with Crippen molar-refractivity contribution in [3.8, 4) is 5.75 Å². The molecule has 1 aromatic carbocycles. The average Bonchev–Trinajstić information content (AvgIpc) is 2.95. The standard InChI is InChI=1S/C16H20BrNOS/c1-4-14(18)16(12-5-6-20-9-12)19-13-7-10(2)15(17)11(3)8-13/h5-9,14,16H,4,18H2,1-3H3. The molecule has 2 atom stereocenters. The van der Waals surface area contributed by atoms with E-state index in [4.69, 9.17) is 10.5 Å². The third-order valence-electron chi connectivity index (χ3n) is 3.40. The number of nitrogens with two attached hydrogens (primary N) is 1. The Morgan fingerprint density at radius 1 is 1.30 bits per heavy atom. The number of halogens is 1. The predicted molar refractivity (Wildman–Crippen MR) is 89.6 cm³/mol. The maximum atomic E-state index is 6.23. The van der Waals surface area contributed by atoms with Gasteiger partial charge < -0.3 is 10.5 Å². The summed E-state index contributed by atoms with van der Waals surface area (Å²) in [6, 6.07) is 6.19. The Labute approximate surface area is 133 Å². The molecule has 4 heteroatoms. The molecule has 2 aromatic rings. The van der Waals surface area contributed by atoms with Crippen LogP contribution in [0.15, 0.2) is 33.4 Å². The summed E-state index contributed by atoms with van der Waals surface area (Å²) in [6.07, 6.45) is 0.792. The van der Waals surface area contributed by atoms with E-state index in [2.05, 4.69) is 65.7 Å². The van der Waals surface area contributed by atoms with E-state index in [1.165, 1.54) is 11.1 Å². The van der Waals surface area contributed by atoms with Crippen LogP contribution in [0.2, 0.25) is 0 Å². The number of benzene rings is 1. The van der Waals surface area contributed by atoms with Gasteiger partial charge in [-0.3, -0.25) is 0 Å². The van der Waals surface area contributed by atoms with Gasteiger partial charge in [0.05, 0.1) is 0 Å². The van der Waals surface area contributed by atoms with Gasteiger partial charge in [-0.05, 0) is 60.4 Å². The van der Waals surface area contributed by atoms with Gasteiger partial charge in [0.1, 0.15) is 11.9 Å². The van der Waals surface area contributed by atoms with Gasteiger partial charge in [-0.1, -0.05) is 22.9 Å². The van der Waals surface area contributed by atoms with Crippen LogP contribution < -0.4 is 10.5 Å².